The monoisotopic (exact) mass is 303 g/mol. The van der Waals surface area contributed by atoms with E-state index in [1.807, 2.05) is 6.07 Å². The Morgan fingerprint density at radius 2 is 1.76 bits per heavy atom. The molecule has 1 aliphatic rings. The molecular formula is C15H17N3O2S. The van der Waals surface area contributed by atoms with Crippen LogP contribution in [-0.2, 0) is 10.0 Å². The van der Waals surface area contributed by atoms with Gasteiger partial charge in [-0.25, -0.2) is 22.7 Å². The largest absolute Gasteiger partial charge is 0.242 e. The summed E-state index contributed by atoms with van der Waals surface area (Å²) in [6.45, 7) is 0. The van der Waals surface area contributed by atoms with E-state index in [-0.39, 0.29) is 4.90 Å². The molecule has 0 N–H and O–H groups in total. The fraction of sp³-hybridized carbons (Fsp3) is 0.333. The molecule has 1 heterocycles. The summed E-state index contributed by atoms with van der Waals surface area (Å²) >= 11 is 0. The Labute approximate surface area is 124 Å². The molecule has 3 rings (SSSR count). The quantitative estimate of drug-likeness (QED) is 0.869. The minimum Gasteiger partial charge on any atom is -0.241 e. The highest BCUT2D eigenvalue weighted by atomic mass is 32.2. The lowest BCUT2D eigenvalue weighted by molar-refractivity contribution is 0.521. The van der Waals surface area contributed by atoms with Crippen molar-refractivity contribution in [3.8, 4) is 11.3 Å². The van der Waals surface area contributed by atoms with Crippen molar-refractivity contribution in [1.29, 1.82) is 0 Å². The molecule has 1 aliphatic carbocycles. The molecule has 1 aromatic heterocycles. The van der Waals surface area contributed by atoms with E-state index >= 15 is 0 Å². The van der Waals surface area contributed by atoms with Gasteiger partial charge in [0.15, 0.2) is 0 Å². The highest BCUT2D eigenvalue weighted by Gasteiger charge is 2.25. The molecule has 6 heteroatoms. The van der Waals surface area contributed by atoms with E-state index in [4.69, 9.17) is 0 Å². The second-order valence-electron chi connectivity index (χ2n) is 5.41. The van der Waals surface area contributed by atoms with Crippen LogP contribution >= 0.6 is 0 Å². The predicted octanol–water partition coefficient (Wildman–Crippen LogP) is 2.27. The first kappa shape index (κ1) is 14.2. The van der Waals surface area contributed by atoms with E-state index in [1.54, 1.807) is 30.6 Å². The molecule has 1 saturated carbocycles. The first-order chi connectivity index (χ1) is 9.98. The molecule has 0 radical (unpaired) electrons. The van der Waals surface area contributed by atoms with Gasteiger partial charge in [0.2, 0.25) is 10.0 Å². The van der Waals surface area contributed by atoms with Gasteiger partial charge in [-0.05, 0) is 31.0 Å². The van der Waals surface area contributed by atoms with Crippen molar-refractivity contribution in [1.82, 2.24) is 14.3 Å². The van der Waals surface area contributed by atoms with Crippen LogP contribution in [0.3, 0.4) is 0 Å². The molecule has 0 atom stereocenters. The van der Waals surface area contributed by atoms with Gasteiger partial charge in [0.1, 0.15) is 6.33 Å². The molecule has 21 heavy (non-hydrogen) atoms. The summed E-state index contributed by atoms with van der Waals surface area (Å²) < 4.78 is 25.3. The molecular weight excluding hydrogens is 286 g/mol. The predicted molar refractivity (Wildman–Crippen MR) is 80.3 cm³/mol. The van der Waals surface area contributed by atoms with Crippen molar-refractivity contribution in [3.63, 3.8) is 0 Å². The molecule has 0 aliphatic heterocycles. The first-order valence-corrected chi connectivity index (χ1v) is 8.27. The van der Waals surface area contributed by atoms with Crippen LogP contribution in [0.15, 0.2) is 41.6 Å². The number of aromatic nitrogens is 2. The third-order valence-electron chi connectivity index (χ3n) is 3.61. The van der Waals surface area contributed by atoms with Crippen molar-refractivity contribution in [2.75, 3.05) is 14.1 Å². The van der Waals surface area contributed by atoms with Gasteiger partial charge < -0.3 is 0 Å². The van der Waals surface area contributed by atoms with Crippen molar-refractivity contribution >= 4 is 10.0 Å². The maximum absolute atomic E-state index is 12.0. The molecule has 0 amide bonds. The maximum Gasteiger partial charge on any atom is 0.242 e. The van der Waals surface area contributed by atoms with Crippen molar-refractivity contribution in [2.45, 2.75) is 23.7 Å². The number of rotatable bonds is 4. The summed E-state index contributed by atoms with van der Waals surface area (Å²) in [5, 5.41) is 0. The zero-order valence-corrected chi connectivity index (χ0v) is 12.8. The number of nitrogens with zero attached hydrogens (tertiary/aromatic N) is 3. The van der Waals surface area contributed by atoms with Crippen molar-refractivity contribution in [3.05, 3.63) is 42.4 Å². The Morgan fingerprint density at radius 1 is 1.10 bits per heavy atom. The molecule has 1 aromatic carbocycles. The number of sulfonamides is 1. The molecule has 2 aromatic rings. The van der Waals surface area contributed by atoms with Crippen LogP contribution in [0, 0.1) is 0 Å². The van der Waals surface area contributed by atoms with E-state index in [0.717, 1.165) is 17.0 Å². The maximum atomic E-state index is 12.0. The molecule has 0 spiro atoms. The molecule has 0 saturated heterocycles. The fourth-order valence-corrected chi connectivity index (χ4v) is 3.04. The number of hydrogen-bond donors (Lipinski definition) is 0. The molecule has 5 nitrogen and oxygen atoms in total. The average molecular weight is 303 g/mol. The Kier molecular flexibility index (Phi) is 3.51. The SMILES string of the molecule is CN(C)S(=O)(=O)c1ccc(-c2cc(C3CC3)ncn2)cc1. The van der Waals surface area contributed by atoms with Gasteiger partial charge in [-0.15, -0.1) is 0 Å². The van der Waals surface area contributed by atoms with E-state index in [1.165, 1.54) is 31.2 Å². The average Bonchev–Trinajstić information content (AvgIpc) is 3.32. The Hall–Kier alpha value is -1.79. The van der Waals surface area contributed by atoms with Crippen LogP contribution in [0.25, 0.3) is 11.3 Å². The lowest BCUT2D eigenvalue weighted by Crippen LogP contribution is -2.22. The van der Waals surface area contributed by atoms with Gasteiger partial charge >= 0.3 is 0 Å². The highest BCUT2D eigenvalue weighted by molar-refractivity contribution is 7.89. The third kappa shape index (κ3) is 2.82. The van der Waals surface area contributed by atoms with Crippen LogP contribution in [-0.4, -0.2) is 36.8 Å². The van der Waals surface area contributed by atoms with Gasteiger partial charge in [-0.3, -0.25) is 0 Å². The van der Waals surface area contributed by atoms with Crippen LogP contribution in [0.2, 0.25) is 0 Å². The van der Waals surface area contributed by atoms with Gasteiger partial charge in [-0.2, -0.15) is 0 Å². The lowest BCUT2D eigenvalue weighted by Gasteiger charge is -2.11. The molecule has 1 fully saturated rings. The minimum absolute atomic E-state index is 0.285. The lowest BCUT2D eigenvalue weighted by atomic mass is 10.1. The van der Waals surface area contributed by atoms with Gasteiger partial charge in [0, 0.05) is 31.3 Å². The van der Waals surface area contributed by atoms with Crippen LogP contribution in [0.1, 0.15) is 24.5 Å². The van der Waals surface area contributed by atoms with Gasteiger partial charge in [-0.1, -0.05) is 12.1 Å². The van der Waals surface area contributed by atoms with E-state index in [0.29, 0.717) is 5.92 Å². The summed E-state index contributed by atoms with van der Waals surface area (Å²) in [4.78, 5) is 8.85. The van der Waals surface area contributed by atoms with Gasteiger partial charge in [0.25, 0.3) is 0 Å². The second-order valence-corrected chi connectivity index (χ2v) is 7.57. The first-order valence-electron chi connectivity index (χ1n) is 6.83. The van der Waals surface area contributed by atoms with E-state index in [2.05, 4.69) is 9.97 Å². The van der Waals surface area contributed by atoms with Crippen molar-refractivity contribution < 1.29 is 8.42 Å². The third-order valence-corrected chi connectivity index (χ3v) is 5.44. The Balaban J connectivity index is 1.92. The van der Waals surface area contributed by atoms with Gasteiger partial charge in [0.05, 0.1) is 10.6 Å². The summed E-state index contributed by atoms with van der Waals surface area (Å²) in [7, 11) is -0.340. The second kappa shape index (κ2) is 5.20. The minimum atomic E-state index is -3.39. The van der Waals surface area contributed by atoms with Crippen molar-refractivity contribution in [2.24, 2.45) is 0 Å². The summed E-state index contributed by atoms with van der Waals surface area (Å²) in [5.41, 5.74) is 2.81. The fourth-order valence-electron chi connectivity index (χ4n) is 2.14. The van der Waals surface area contributed by atoms with Crippen LogP contribution < -0.4 is 0 Å². The van der Waals surface area contributed by atoms with E-state index < -0.39 is 10.0 Å². The summed E-state index contributed by atoms with van der Waals surface area (Å²) in [5.74, 6) is 0.570. The summed E-state index contributed by atoms with van der Waals surface area (Å²) in [6, 6.07) is 8.80. The topological polar surface area (TPSA) is 63.2 Å². The smallest absolute Gasteiger partial charge is 0.241 e. The van der Waals surface area contributed by atoms with E-state index in [9.17, 15) is 8.42 Å². The molecule has 0 bridgehead atoms. The Bertz CT molecular complexity index is 751. The van der Waals surface area contributed by atoms with Crippen LogP contribution in [0.4, 0.5) is 0 Å². The van der Waals surface area contributed by atoms with Crippen LogP contribution in [0.5, 0.6) is 0 Å². The zero-order valence-electron chi connectivity index (χ0n) is 12.0. The number of benzene rings is 1. The number of hydrogen-bond acceptors (Lipinski definition) is 4. The zero-order chi connectivity index (χ0) is 15.0. The standard InChI is InChI=1S/C15H17N3O2S/c1-18(2)21(19,20)13-7-5-12(6-8-13)15-9-14(11-3-4-11)16-10-17-15/h5-11H,3-4H2,1-2H3. The Morgan fingerprint density at radius 3 is 2.33 bits per heavy atom. The molecule has 0 unspecified atom stereocenters. The molecule has 110 valence electrons. The normalized spacial score (nSPS) is 15.4. The summed E-state index contributed by atoms with van der Waals surface area (Å²) in [6.07, 6.45) is 3.96. The highest BCUT2D eigenvalue weighted by Crippen LogP contribution is 2.39.